The van der Waals surface area contributed by atoms with Gasteiger partial charge < -0.3 is 5.32 Å². The van der Waals surface area contributed by atoms with Crippen molar-refractivity contribution in [1.82, 2.24) is 9.97 Å². The highest BCUT2D eigenvalue weighted by molar-refractivity contribution is 9.10. The first-order chi connectivity index (χ1) is 8.97. The third-order valence-electron chi connectivity index (χ3n) is 2.23. The molecule has 0 aliphatic carbocycles. The molecule has 19 heavy (non-hydrogen) atoms. The number of hydrogen-bond acceptors (Lipinski definition) is 3. The zero-order valence-electron chi connectivity index (χ0n) is 9.75. The minimum Gasteiger partial charge on any atom is -0.326 e. The highest BCUT2D eigenvalue weighted by atomic mass is 79.9. The third-order valence-corrected chi connectivity index (χ3v) is 3.54. The van der Waals surface area contributed by atoms with Crippen molar-refractivity contribution in [3.05, 3.63) is 39.2 Å². The van der Waals surface area contributed by atoms with E-state index in [1.807, 2.05) is 6.07 Å². The molecule has 1 aromatic carbocycles. The Morgan fingerprint density at radius 1 is 1.26 bits per heavy atom. The van der Waals surface area contributed by atoms with Crippen LogP contribution in [-0.2, 0) is 4.79 Å². The van der Waals surface area contributed by atoms with Gasteiger partial charge in [0.2, 0.25) is 5.91 Å². The van der Waals surface area contributed by atoms with Gasteiger partial charge in [0, 0.05) is 18.2 Å². The Balaban J connectivity index is 2.47. The Morgan fingerprint density at radius 3 is 2.68 bits per heavy atom. The molecule has 1 aromatic heterocycles. The van der Waals surface area contributed by atoms with Gasteiger partial charge in [0.15, 0.2) is 10.3 Å². The van der Waals surface area contributed by atoms with Crippen molar-refractivity contribution in [2.75, 3.05) is 5.32 Å². The monoisotopic (exact) mass is 359 g/mol. The van der Waals surface area contributed by atoms with Crippen LogP contribution in [0.15, 0.2) is 28.9 Å². The van der Waals surface area contributed by atoms with E-state index in [1.165, 1.54) is 6.92 Å². The molecule has 0 saturated carbocycles. The SMILES string of the molecule is CC(=O)Nc1cccc(-c2nc(Cl)c(Br)nc2Cl)c1. The Morgan fingerprint density at radius 2 is 2.00 bits per heavy atom. The van der Waals surface area contributed by atoms with Gasteiger partial charge in [-0.3, -0.25) is 4.79 Å². The van der Waals surface area contributed by atoms with Gasteiger partial charge in [-0.15, -0.1) is 0 Å². The molecular formula is C12H8BrCl2N3O. The lowest BCUT2D eigenvalue weighted by atomic mass is 10.1. The molecule has 1 N–H and O–H groups in total. The van der Waals surface area contributed by atoms with Crippen molar-refractivity contribution in [3.8, 4) is 11.3 Å². The van der Waals surface area contributed by atoms with Gasteiger partial charge in [-0.25, -0.2) is 9.97 Å². The summed E-state index contributed by atoms with van der Waals surface area (Å²) in [6, 6.07) is 7.12. The smallest absolute Gasteiger partial charge is 0.221 e. The van der Waals surface area contributed by atoms with Crippen LogP contribution in [0.1, 0.15) is 6.92 Å². The molecule has 4 nitrogen and oxygen atoms in total. The molecule has 0 radical (unpaired) electrons. The van der Waals surface area contributed by atoms with Gasteiger partial charge in [-0.2, -0.15) is 0 Å². The van der Waals surface area contributed by atoms with Crippen molar-refractivity contribution in [1.29, 1.82) is 0 Å². The molecule has 0 aliphatic rings. The van der Waals surface area contributed by atoms with Crippen molar-refractivity contribution in [3.63, 3.8) is 0 Å². The van der Waals surface area contributed by atoms with Gasteiger partial charge >= 0.3 is 0 Å². The van der Waals surface area contributed by atoms with Crippen LogP contribution in [0.5, 0.6) is 0 Å². The molecule has 0 aliphatic heterocycles. The van der Waals surface area contributed by atoms with Gasteiger partial charge in [0.25, 0.3) is 0 Å². The molecule has 7 heteroatoms. The summed E-state index contributed by atoms with van der Waals surface area (Å²) in [7, 11) is 0. The molecule has 0 unspecified atom stereocenters. The molecule has 1 amide bonds. The summed E-state index contributed by atoms with van der Waals surface area (Å²) in [5.41, 5.74) is 1.84. The van der Waals surface area contributed by atoms with E-state index in [-0.39, 0.29) is 16.2 Å². The zero-order valence-corrected chi connectivity index (χ0v) is 12.8. The summed E-state index contributed by atoms with van der Waals surface area (Å²) in [6.45, 7) is 1.44. The van der Waals surface area contributed by atoms with Crippen molar-refractivity contribution >= 4 is 50.7 Å². The lowest BCUT2D eigenvalue weighted by Gasteiger charge is -2.07. The Hall–Kier alpha value is -1.17. The fourth-order valence-corrected chi connectivity index (χ4v) is 2.24. The highest BCUT2D eigenvalue weighted by Gasteiger charge is 2.11. The number of amides is 1. The van der Waals surface area contributed by atoms with E-state index in [1.54, 1.807) is 18.2 Å². The van der Waals surface area contributed by atoms with E-state index in [4.69, 9.17) is 23.2 Å². The summed E-state index contributed by atoms with van der Waals surface area (Å²) >= 11 is 15.1. The summed E-state index contributed by atoms with van der Waals surface area (Å²) < 4.78 is 0.390. The standard InChI is InChI=1S/C12H8BrCl2N3O/c1-6(19)16-8-4-2-3-7(5-8)9-11(14)18-10(13)12(15)17-9/h2-5H,1H3,(H,16,19). The van der Waals surface area contributed by atoms with Crippen LogP contribution in [0.25, 0.3) is 11.3 Å². The minimum absolute atomic E-state index is 0.150. The quantitative estimate of drug-likeness (QED) is 0.874. The fourth-order valence-electron chi connectivity index (χ4n) is 1.51. The number of benzene rings is 1. The van der Waals surface area contributed by atoms with Crippen LogP contribution in [0.2, 0.25) is 10.3 Å². The molecule has 0 saturated heterocycles. The predicted octanol–water partition coefficient (Wildman–Crippen LogP) is 4.17. The summed E-state index contributed by atoms with van der Waals surface area (Å²) in [4.78, 5) is 19.2. The number of nitrogens with zero attached hydrogens (tertiary/aromatic N) is 2. The summed E-state index contributed by atoms with van der Waals surface area (Å²) in [6.07, 6.45) is 0. The van der Waals surface area contributed by atoms with E-state index >= 15 is 0 Å². The second-order valence-corrected chi connectivity index (χ2v) is 5.17. The van der Waals surface area contributed by atoms with Crippen LogP contribution in [-0.4, -0.2) is 15.9 Å². The Labute approximate surface area is 128 Å². The number of halogens is 3. The number of hydrogen-bond donors (Lipinski definition) is 1. The van der Waals surface area contributed by atoms with Crippen molar-refractivity contribution in [2.45, 2.75) is 6.92 Å². The van der Waals surface area contributed by atoms with Crippen LogP contribution >= 0.6 is 39.1 Å². The first-order valence-electron chi connectivity index (χ1n) is 5.24. The molecule has 2 rings (SSSR count). The Kier molecular flexibility index (Phi) is 4.39. The van der Waals surface area contributed by atoms with Crippen LogP contribution in [0, 0.1) is 0 Å². The van der Waals surface area contributed by atoms with E-state index in [0.717, 1.165) is 5.56 Å². The highest BCUT2D eigenvalue weighted by Crippen LogP contribution is 2.30. The normalized spacial score (nSPS) is 10.3. The summed E-state index contributed by atoms with van der Waals surface area (Å²) in [5, 5.41) is 3.15. The average molecular weight is 361 g/mol. The lowest BCUT2D eigenvalue weighted by Crippen LogP contribution is -2.05. The molecule has 98 valence electrons. The zero-order chi connectivity index (χ0) is 14.0. The molecule has 0 bridgehead atoms. The predicted molar refractivity (Wildman–Crippen MR) is 79.5 cm³/mol. The number of carbonyl (C=O) groups is 1. The van der Waals surface area contributed by atoms with Crippen LogP contribution < -0.4 is 5.32 Å². The van der Waals surface area contributed by atoms with Crippen LogP contribution in [0.4, 0.5) is 5.69 Å². The first kappa shape index (κ1) is 14.2. The molecule has 0 spiro atoms. The van der Waals surface area contributed by atoms with E-state index < -0.39 is 0 Å². The third kappa shape index (κ3) is 3.43. The summed E-state index contributed by atoms with van der Waals surface area (Å²) in [5.74, 6) is -0.150. The largest absolute Gasteiger partial charge is 0.326 e. The molecule has 0 atom stereocenters. The van der Waals surface area contributed by atoms with Crippen molar-refractivity contribution in [2.24, 2.45) is 0 Å². The van der Waals surface area contributed by atoms with Crippen LogP contribution in [0.3, 0.4) is 0 Å². The second-order valence-electron chi connectivity index (χ2n) is 3.71. The average Bonchev–Trinajstić information content (AvgIpc) is 2.33. The van der Waals surface area contributed by atoms with E-state index in [2.05, 4.69) is 31.2 Å². The maximum absolute atomic E-state index is 11.0. The minimum atomic E-state index is -0.150. The number of carbonyl (C=O) groups excluding carboxylic acids is 1. The number of nitrogens with one attached hydrogen (secondary N) is 1. The molecular weight excluding hydrogens is 353 g/mol. The fraction of sp³-hybridized carbons (Fsp3) is 0.0833. The maximum Gasteiger partial charge on any atom is 0.221 e. The maximum atomic E-state index is 11.0. The van der Waals surface area contributed by atoms with Gasteiger partial charge in [-0.05, 0) is 28.1 Å². The van der Waals surface area contributed by atoms with Crippen molar-refractivity contribution < 1.29 is 4.79 Å². The number of rotatable bonds is 2. The molecule has 2 aromatic rings. The van der Waals surface area contributed by atoms with Gasteiger partial charge in [-0.1, -0.05) is 35.3 Å². The lowest BCUT2D eigenvalue weighted by molar-refractivity contribution is -0.114. The Bertz CT molecular complexity index is 649. The second kappa shape index (κ2) is 5.86. The molecule has 1 heterocycles. The first-order valence-corrected chi connectivity index (χ1v) is 6.79. The van der Waals surface area contributed by atoms with E-state index in [0.29, 0.717) is 16.0 Å². The van der Waals surface area contributed by atoms with Gasteiger partial charge in [0.05, 0.1) is 0 Å². The number of anilines is 1. The topological polar surface area (TPSA) is 54.9 Å². The number of aromatic nitrogens is 2. The van der Waals surface area contributed by atoms with Gasteiger partial charge in [0.1, 0.15) is 10.3 Å². The molecule has 0 fully saturated rings. The van der Waals surface area contributed by atoms with E-state index in [9.17, 15) is 4.79 Å².